The van der Waals surface area contributed by atoms with Crippen LogP contribution in [0.2, 0.25) is 5.15 Å². The number of hydrogen-bond acceptors (Lipinski definition) is 3. The second kappa shape index (κ2) is 6.56. The van der Waals surface area contributed by atoms with Gasteiger partial charge in [0, 0.05) is 32.3 Å². The monoisotopic (exact) mass is 299 g/mol. The Morgan fingerprint density at radius 2 is 2.15 bits per heavy atom. The third-order valence-electron chi connectivity index (χ3n) is 2.93. The summed E-state index contributed by atoms with van der Waals surface area (Å²) >= 11 is 6.05. The van der Waals surface area contributed by atoms with Crippen LogP contribution in [0.25, 0.3) is 6.08 Å². The predicted octanol–water partition coefficient (Wildman–Crippen LogP) is 1.57. The van der Waals surface area contributed by atoms with Crippen molar-refractivity contribution in [2.75, 3.05) is 13.6 Å². The highest BCUT2D eigenvalue weighted by Gasteiger charge is 2.16. The summed E-state index contributed by atoms with van der Waals surface area (Å²) in [5.41, 5.74) is 1.41. The highest BCUT2D eigenvalue weighted by Crippen LogP contribution is 2.20. The Hall–Kier alpha value is -1.82. The van der Waals surface area contributed by atoms with Gasteiger partial charge in [-0.25, -0.2) is 0 Å². The van der Waals surface area contributed by atoms with Crippen molar-refractivity contribution >= 4 is 29.6 Å². The third-order valence-corrected chi connectivity index (χ3v) is 3.38. The third kappa shape index (κ3) is 3.84. The van der Waals surface area contributed by atoms with Gasteiger partial charge in [-0.05, 0) is 13.0 Å². The molecular formula is C13H18ClN3O3. The first-order chi connectivity index (χ1) is 9.23. The minimum atomic E-state index is -0.931. The summed E-state index contributed by atoms with van der Waals surface area (Å²) in [5, 5.41) is 13.4. The van der Waals surface area contributed by atoms with Crippen molar-refractivity contribution in [1.29, 1.82) is 0 Å². The second-order valence-corrected chi connectivity index (χ2v) is 5.06. The van der Waals surface area contributed by atoms with Crippen molar-refractivity contribution in [2.45, 2.75) is 13.8 Å². The fourth-order valence-electron chi connectivity index (χ4n) is 1.70. The number of amides is 1. The number of carboxylic acids is 1. The van der Waals surface area contributed by atoms with Crippen LogP contribution in [0.15, 0.2) is 6.08 Å². The van der Waals surface area contributed by atoms with Gasteiger partial charge >= 0.3 is 5.97 Å². The quantitative estimate of drug-likeness (QED) is 0.838. The maximum Gasteiger partial charge on any atom is 0.308 e. The molecule has 1 aromatic heterocycles. The molecular weight excluding hydrogens is 282 g/mol. The standard InChI is InChI=1S/C13H18ClN3O3/c1-8(13(19)20)7-16(3)11(18)6-5-10-9(2)15-17(4)12(10)14/h5-6,8H,7H2,1-4H3,(H,19,20). The molecule has 1 amide bonds. The number of aliphatic carboxylic acids is 1. The summed E-state index contributed by atoms with van der Waals surface area (Å²) in [6, 6.07) is 0. The van der Waals surface area contributed by atoms with E-state index in [-0.39, 0.29) is 12.5 Å². The summed E-state index contributed by atoms with van der Waals surface area (Å²) in [5.74, 6) is -1.82. The fourth-order valence-corrected chi connectivity index (χ4v) is 1.93. The van der Waals surface area contributed by atoms with Crippen LogP contribution < -0.4 is 0 Å². The van der Waals surface area contributed by atoms with E-state index in [4.69, 9.17) is 16.7 Å². The molecule has 0 saturated heterocycles. The van der Waals surface area contributed by atoms with E-state index in [1.165, 1.54) is 15.7 Å². The molecule has 0 bridgehead atoms. The van der Waals surface area contributed by atoms with Crippen LogP contribution in [0, 0.1) is 12.8 Å². The maximum atomic E-state index is 11.9. The molecule has 0 radical (unpaired) electrons. The van der Waals surface area contributed by atoms with Crippen LogP contribution in [0.3, 0.4) is 0 Å². The van der Waals surface area contributed by atoms with Crippen molar-refractivity contribution in [2.24, 2.45) is 13.0 Å². The molecule has 7 heteroatoms. The molecule has 0 aliphatic rings. The lowest BCUT2D eigenvalue weighted by molar-refractivity contribution is -0.142. The first-order valence-corrected chi connectivity index (χ1v) is 6.47. The van der Waals surface area contributed by atoms with Crippen LogP contribution >= 0.6 is 11.6 Å². The summed E-state index contributed by atoms with van der Waals surface area (Å²) in [7, 11) is 3.28. The topological polar surface area (TPSA) is 75.4 Å². The number of rotatable bonds is 5. The van der Waals surface area contributed by atoms with Crippen molar-refractivity contribution < 1.29 is 14.7 Å². The molecule has 20 heavy (non-hydrogen) atoms. The summed E-state index contributed by atoms with van der Waals surface area (Å²) in [6.07, 6.45) is 2.96. The number of aromatic nitrogens is 2. The molecule has 1 unspecified atom stereocenters. The molecule has 0 fully saturated rings. The Kier molecular flexibility index (Phi) is 5.33. The average Bonchev–Trinajstić information content (AvgIpc) is 2.60. The van der Waals surface area contributed by atoms with Gasteiger partial charge in [-0.1, -0.05) is 18.5 Å². The van der Waals surface area contributed by atoms with E-state index >= 15 is 0 Å². The van der Waals surface area contributed by atoms with E-state index < -0.39 is 11.9 Å². The average molecular weight is 300 g/mol. The number of carbonyl (C=O) groups excluding carboxylic acids is 1. The summed E-state index contributed by atoms with van der Waals surface area (Å²) < 4.78 is 1.53. The number of nitrogens with zero attached hydrogens (tertiary/aromatic N) is 3. The van der Waals surface area contributed by atoms with Gasteiger partial charge in [-0.15, -0.1) is 0 Å². The van der Waals surface area contributed by atoms with Gasteiger partial charge in [0.2, 0.25) is 5.91 Å². The van der Waals surface area contributed by atoms with E-state index in [9.17, 15) is 9.59 Å². The number of hydrogen-bond donors (Lipinski definition) is 1. The smallest absolute Gasteiger partial charge is 0.308 e. The van der Waals surface area contributed by atoms with Crippen LogP contribution in [0.4, 0.5) is 0 Å². The van der Waals surface area contributed by atoms with Crippen LogP contribution in [-0.4, -0.2) is 45.3 Å². The number of likely N-dealkylation sites (N-methyl/N-ethyl adjacent to an activating group) is 1. The molecule has 0 aliphatic carbocycles. The normalized spacial score (nSPS) is 12.7. The Morgan fingerprint density at radius 1 is 1.55 bits per heavy atom. The summed E-state index contributed by atoms with van der Waals surface area (Å²) in [4.78, 5) is 24.0. The highest BCUT2D eigenvalue weighted by atomic mass is 35.5. The first kappa shape index (κ1) is 16.2. The zero-order valence-corrected chi connectivity index (χ0v) is 12.7. The molecule has 0 aliphatic heterocycles. The minimum absolute atomic E-state index is 0.151. The highest BCUT2D eigenvalue weighted by molar-refractivity contribution is 6.31. The fraction of sp³-hybridized carbons (Fsp3) is 0.462. The lowest BCUT2D eigenvalue weighted by Gasteiger charge is -2.17. The Bertz CT molecular complexity index is 551. The van der Waals surface area contributed by atoms with Gasteiger partial charge in [0.1, 0.15) is 5.15 Å². The van der Waals surface area contributed by atoms with Crippen LogP contribution in [0.5, 0.6) is 0 Å². The minimum Gasteiger partial charge on any atom is -0.481 e. The van der Waals surface area contributed by atoms with Gasteiger partial charge in [0.25, 0.3) is 0 Å². The molecule has 1 aromatic rings. The Balaban J connectivity index is 2.75. The zero-order valence-electron chi connectivity index (χ0n) is 11.9. The lowest BCUT2D eigenvalue weighted by Crippen LogP contribution is -2.32. The van der Waals surface area contributed by atoms with Crippen LogP contribution in [-0.2, 0) is 16.6 Å². The molecule has 1 rings (SSSR count). The van der Waals surface area contributed by atoms with E-state index in [2.05, 4.69) is 5.10 Å². The van der Waals surface area contributed by atoms with E-state index in [0.717, 1.165) is 5.69 Å². The second-order valence-electron chi connectivity index (χ2n) is 4.70. The van der Waals surface area contributed by atoms with E-state index in [0.29, 0.717) is 10.7 Å². The van der Waals surface area contributed by atoms with E-state index in [1.807, 2.05) is 0 Å². The number of aryl methyl sites for hydroxylation is 2. The Labute approximate surface area is 122 Å². The SMILES string of the molecule is Cc1nn(C)c(Cl)c1C=CC(=O)N(C)CC(C)C(=O)O. The lowest BCUT2D eigenvalue weighted by atomic mass is 10.1. The number of carbonyl (C=O) groups is 2. The molecule has 0 spiro atoms. The van der Waals surface area contributed by atoms with Gasteiger partial charge < -0.3 is 10.0 Å². The molecule has 0 aromatic carbocycles. The zero-order chi connectivity index (χ0) is 15.4. The molecule has 6 nitrogen and oxygen atoms in total. The molecule has 0 saturated carbocycles. The molecule has 1 heterocycles. The molecule has 110 valence electrons. The number of halogens is 1. The number of carboxylic acid groups (broad SMARTS) is 1. The molecule has 1 N–H and O–H groups in total. The predicted molar refractivity (Wildman–Crippen MR) is 76.4 cm³/mol. The summed E-state index contributed by atoms with van der Waals surface area (Å²) in [6.45, 7) is 3.50. The van der Waals surface area contributed by atoms with Crippen molar-refractivity contribution in [3.63, 3.8) is 0 Å². The Morgan fingerprint density at radius 3 is 2.60 bits per heavy atom. The van der Waals surface area contributed by atoms with Crippen molar-refractivity contribution in [3.8, 4) is 0 Å². The van der Waals surface area contributed by atoms with Gasteiger partial charge in [0.15, 0.2) is 0 Å². The van der Waals surface area contributed by atoms with Gasteiger partial charge in [0.05, 0.1) is 11.6 Å². The largest absolute Gasteiger partial charge is 0.481 e. The molecule has 1 atom stereocenters. The maximum absolute atomic E-state index is 11.9. The van der Waals surface area contributed by atoms with Gasteiger partial charge in [-0.2, -0.15) is 5.10 Å². The van der Waals surface area contributed by atoms with Crippen LogP contribution in [0.1, 0.15) is 18.2 Å². The van der Waals surface area contributed by atoms with E-state index in [1.54, 1.807) is 34.0 Å². The van der Waals surface area contributed by atoms with Crippen molar-refractivity contribution in [1.82, 2.24) is 14.7 Å². The first-order valence-electron chi connectivity index (χ1n) is 6.09. The van der Waals surface area contributed by atoms with Crippen molar-refractivity contribution in [3.05, 3.63) is 22.5 Å². The van der Waals surface area contributed by atoms with Gasteiger partial charge in [-0.3, -0.25) is 14.3 Å².